The van der Waals surface area contributed by atoms with Crippen LogP contribution in [0.5, 0.6) is 0 Å². The lowest BCUT2D eigenvalue weighted by Gasteiger charge is -2.36. The number of aryl methyl sites for hydroxylation is 1. The molecule has 0 aliphatic carbocycles. The van der Waals surface area contributed by atoms with Gasteiger partial charge in [-0.1, -0.05) is 5.16 Å². The molecule has 2 unspecified atom stereocenters. The van der Waals surface area contributed by atoms with Gasteiger partial charge in [0.15, 0.2) is 5.82 Å². The molecule has 2 aromatic rings. The molecule has 9 nitrogen and oxygen atoms in total. The second-order valence-corrected chi connectivity index (χ2v) is 7.37. The van der Waals surface area contributed by atoms with E-state index in [1.54, 1.807) is 0 Å². The topological polar surface area (TPSA) is 92.3 Å². The van der Waals surface area contributed by atoms with Gasteiger partial charge in [0.2, 0.25) is 5.89 Å². The van der Waals surface area contributed by atoms with Gasteiger partial charge in [-0.2, -0.15) is 10.1 Å². The van der Waals surface area contributed by atoms with E-state index in [2.05, 4.69) is 32.4 Å². The fraction of sp³-hybridized carbons (Fsp3) is 0.667. The first kappa shape index (κ1) is 20.8. The molecule has 2 aromatic heterocycles. The van der Waals surface area contributed by atoms with Crippen LogP contribution >= 0.6 is 12.4 Å². The van der Waals surface area contributed by atoms with Crippen molar-refractivity contribution in [2.45, 2.75) is 38.8 Å². The highest BCUT2D eigenvalue weighted by Crippen LogP contribution is 2.21. The normalized spacial score (nSPS) is 21.9. The van der Waals surface area contributed by atoms with Gasteiger partial charge >= 0.3 is 0 Å². The zero-order chi connectivity index (χ0) is 18.8. The Kier molecular flexibility index (Phi) is 6.69. The number of halogens is 1. The highest BCUT2D eigenvalue weighted by Gasteiger charge is 2.29. The lowest BCUT2D eigenvalue weighted by molar-refractivity contribution is 0.0545. The third-order valence-electron chi connectivity index (χ3n) is 5.52. The summed E-state index contributed by atoms with van der Waals surface area (Å²) in [5.74, 6) is 1.29. The Balaban J connectivity index is 0.00000225. The Morgan fingerprint density at radius 2 is 2.11 bits per heavy atom. The first-order valence-electron chi connectivity index (χ1n) is 9.71. The van der Waals surface area contributed by atoms with Crippen LogP contribution in [0.25, 0.3) is 0 Å². The van der Waals surface area contributed by atoms with Crippen LogP contribution in [0.15, 0.2) is 16.8 Å². The summed E-state index contributed by atoms with van der Waals surface area (Å²) in [6, 6.07) is 2.24. The minimum atomic E-state index is 0. The highest BCUT2D eigenvalue weighted by molar-refractivity contribution is 5.92. The maximum atomic E-state index is 12.8. The number of piperazine rings is 1. The zero-order valence-corrected chi connectivity index (χ0v) is 17.2. The molecule has 0 bridgehead atoms. The van der Waals surface area contributed by atoms with Crippen LogP contribution in [0.4, 0.5) is 0 Å². The molecule has 4 rings (SSSR count). The van der Waals surface area contributed by atoms with Gasteiger partial charge in [0.25, 0.3) is 5.91 Å². The monoisotopic (exact) mass is 409 g/mol. The number of amides is 1. The number of nitrogens with one attached hydrogen (secondary N) is 1. The van der Waals surface area contributed by atoms with Crippen molar-refractivity contribution in [2.24, 2.45) is 0 Å². The number of aromatic nitrogens is 4. The van der Waals surface area contributed by atoms with Crippen LogP contribution in [-0.2, 0) is 0 Å². The van der Waals surface area contributed by atoms with Crippen molar-refractivity contribution in [3.63, 3.8) is 0 Å². The molecule has 4 heterocycles. The van der Waals surface area contributed by atoms with Crippen molar-refractivity contribution in [2.75, 3.05) is 39.3 Å². The number of carbonyl (C=O) groups excluding carboxylic acids is 1. The van der Waals surface area contributed by atoms with Gasteiger partial charge in [-0.3, -0.25) is 14.4 Å². The molecule has 0 saturated carbocycles. The SMILES string of the molecule is Cc1noc(C(C)N2CCN(C(=O)c3ccn(C4CCCNC4)n3)CC2)n1.Cl. The van der Waals surface area contributed by atoms with Crippen molar-refractivity contribution < 1.29 is 9.32 Å². The average molecular weight is 410 g/mol. The molecule has 10 heteroatoms. The van der Waals surface area contributed by atoms with Crippen LogP contribution in [-0.4, -0.2) is 74.9 Å². The summed E-state index contributed by atoms with van der Waals surface area (Å²) in [5.41, 5.74) is 0.537. The average Bonchev–Trinajstić information content (AvgIpc) is 3.37. The number of nitrogens with zero attached hydrogens (tertiary/aromatic N) is 6. The third kappa shape index (κ3) is 4.37. The van der Waals surface area contributed by atoms with Gasteiger partial charge in [0, 0.05) is 38.9 Å². The Morgan fingerprint density at radius 3 is 2.75 bits per heavy atom. The van der Waals surface area contributed by atoms with E-state index in [-0.39, 0.29) is 24.4 Å². The van der Waals surface area contributed by atoms with E-state index in [9.17, 15) is 4.79 Å². The van der Waals surface area contributed by atoms with Gasteiger partial charge in [-0.25, -0.2) is 0 Å². The number of hydrogen-bond donors (Lipinski definition) is 1. The van der Waals surface area contributed by atoms with Crippen LogP contribution in [0.1, 0.15) is 54.1 Å². The fourth-order valence-electron chi connectivity index (χ4n) is 3.83. The smallest absolute Gasteiger partial charge is 0.274 e. The summed E-state index contributed by atoms with van der Waals surface area (Å²) in [6.07, 6.45) is 4.18. The van der Waals surface area contributed by atoms with Crippen LogP contribution in [0, 0.1) is 6.92 Å². The molecule has 1 N–H and O–H groups in total. The van der Waals surface area contributed by atoms with Gasteiger partial charge in [-0.15, -0.1) is 12.4 Å². The number of piperidine rings is 1. The molecule has 28 heavy (non-hydrogen) atoms. The molecule has 0 radical (unpaired) electrons. The molecule has 1 amide bonds. The van der Waals surface area contributed by atoms with Gasteiger partial charge in [0.05, 0.1) is 12.1 Å². The summed E-state index contributed by atoms with van der Waals surface area (Å²) in [4.78, 5) is 21.3. The number of carbonyl (C=O) groups is 1. The predicted octanol–water partition coefficient (Wildman–Crippen LogP) is 1.44. The molecular formula is C18H28ClN7O2. The first-order chi connectivity index (χ1) is 13.1. The minimum Gasteiger partial charge on any atom is -0.338 e. The maximum Gasteiger partial charge on any atom is 0.274 e. The quantitative estimate of drug-likeness (QED) is 0.816. The lowest BCUT2D eigenvalue weighted by atomic mass is 10.1. The minimum absolute atomic E-state index is 0. The van der Waals surface area contributed by atoms with Crippen molar-refractivity contribution >= 4 is 18.3 Å². The summed E-state index contributed by atoms with van der Waals surface area (Å²) < 4.78 is 7.22. The summed E-state index contributed by atoms with van der Waals surface area (Å²) in [7, 11) is 0. The molecular weight excluding hydrogens is 382 g/mol. The van der Waals surface area contributed by atoms with Crippen LogP contribution in [0.3, 0.4) is 0 Å². The highest BCUT2D eigenvalue weighted by atomic mass is 35.5. The Bertz CT molecular complexity index is 779. The van der Waals surface area contributed by atoms with Crippen molar-refractivity contribution in [3.8, 4) is 0 Å². The van der Waals surface area contributed by atoms with Gasteiger partial charge in [0.1, 0.15) is 5.69 Å². The fourth-order valence-corrected chi connectivity index (χ4v) is 3.83. The van der Waals surface area contributed by atoms with Gasteiger partial charge in [-0.05, 0) is 39.3 Å². The molecule has 0 spiro atoms. The van der Waals surface area contributed by atoms with Crippen molar-refractivity contribution in [1.29, 1.82) is 0 Å². The van der Waals surface area contributed by atoms with Crippen LogP contribution in [0.2, 0.25) is 0 Å². The Labute approximate surface area is 170 Å². The molecule has 0 aromatic carbocycles. The van der Waals surface area contributed by atoms with E-state index in [4.69, 9.17) is 4.52 Å². The molecule has 2 saturated heterocycles. The van der Waals surface area contributed by atoms with E-state index in [1.165, 1.54) is 0 Å². The van der Waals surface area contributed by atoms with E-state index < -0.39 is 0 Å². The largest absolute Gasteiger partial charge is 0.338 e. The van der Waals surface area contributed by atoms with Crippen molar-refractivity contribution in [3.05, 3.63) is 29.7 Å². The molecule has 2 fully saturated rings. The molecule has 2 aliphatic heterocycles. The zero-order valence-electron chi connectivity index (χ0n) is 16.4. The Hall–Kier alpha value is -1.97. The van der Waals surface area contributed by atoms with Crippen LogP contribution < -0.4 is 5.32 Å². The molecule has 2 aliphatic rings. The first-order valence-corrected chi connectivity index (χ1v) is 9.71. The van der Waals surface area contributed by atoms with E-state index in [0.29, 0.717) is 36.5 Å². The van der Waals surface area contributed by atoms with Crippen molar-refractivity contribution in [1.82, 2.24) is 35.0 Å². The number of hydrogen-bond acceptors (Lipinski definition) is 7. The maximum absolute atomic E-state index is 12.8. The standard InChI is InChI=1S/C18H27N7O2.ClH/c1-13(17-20-14(2)22-27-17)23-8-10-24(11-9-23)18(26)16-5-7-25(21-16)15-4-3-6-19-12-15;/h5,7,13,15,19H,3-4,6,8-12H2,1-2H3;1H. The summed E-state index contributed by atoms with van der Waals surface area (Å²) >= 11 is 0. The van der Waals surface area contributed by atoms with E-state index in [0.717, 1.165) is 39.0 Å². The molecule has 2 atom stereocenters. The molecule has 154 valence electrons. The Morgan fingerprint density at radius 1 is 1.32 bits per heavy atom. The van der Waals surface area contributed by atoms with Gasteiger partial charge < -0.3 is 14.7 Å². The summed E-state index contributed by atoms with van der Waals surface area (Å²) in [5, 5.41) is 11.8. The summed E-state index contributed by atoms with van der Waals surface area (Å²) in [6.45, 7) is 8.77. The van der Waals surface area contributed by atoms with E-state index >= 15 is 0 Å². The number of rotatable bonds is 4. The second kappa shape index (κ2) is 9.02. The van der Waals surface area contributed by atoms with E-state index in [1.807, 2.05) is 28.8 Å². The lowest BCUT2D eigenvalue weighted by Crippen LogP contribution is -2.49. The second-order valence-electron chi connectivity index (χ2n) is 7.37. The third-order valence-corrected chi connectivity index (χ3v) is 5.52. The predicted molar refractivity (Wildman–Crippen MR) is 106 cm³/mol.